The molecule has 0 saturated heterocycles. The Balaban J connectivity index is 3.56. The van der Waals surface area contributed by atoms with Crippen LogP contribution in [0.4, 0.5) is 0 Å². The molecule has 0 heterocycles. The van der Waals surface area contributed by atoms with E-state index >= 15 is 0 Å². The quantitative estimate of drug-likeness (QED) is 0.265. The van der Waals surface area contributed by atoms with Crippen molar-refractivity contribution in [3.05, 3.63) is 0 Å². The number of hydrogen-bond donors (Lipinski definition) is 5. The minimum atomic E-state index is -0.452. The average molecular weight is 290 g/mol. The van der Waals surface area contributed by atoms with Crippen LogP contribution in [0.3, 0.4) is 0 Å². The zero-order valence-corrected chi connectivity index (χ0v) is 12.0. The van der Waals surface area contributed by atoms with E-state index in [4.69, 9.17) is 5.73 Å². The number of nitrogens with one attached hydrogen (secondary N) is 3. The van der Waals surface area contributed by atoms with E-state index in [1.807, 2.05) is 0 Å². The molecule has 0 bridgehead atoms. The van der Waals surface area contributed by atoms with Gasteiger partial charge in [-0.05, 0) is 19.3 Å². The predicted molar refractivity (Wildman–Crippen MR) is 75.3 cm³/mol. The Hall–Kier alpha value is -1.28. The highest BCUT2D eigenvalue weighted by molar-refractivity contribution is 7.78. The third-order valence-corrected chi connectivity index (χ3v) is 2.91. The SMILES string of the molecule is CNC(=O)CCC(=O)NCCCC[C@H](NS)C(N)=O. The number of carbonyl (C=O) groups excluding carboxylic acids is 3. The molecular formula is C11H22N4O3S. The molecule has 5 N–H and O–H groups in total. The monoisotopic (exact) mass is 290 g/mol. The fraction of sp³-hybridized carbons (Fsp3) is 0.727. The summed E-state index contributed by atoms with van der Waals surface area (Å²) in [5, 5.41) is 5.16. The van der Waals surface area contributed by atoms with E-state index in [1.54, 1.807) is 0 Å². The number of amides is 3. The summed E-state index contributed by atoms with van der Waals surface area (Å²) in [4.78, 5) is 33.1. The molecule has 3 amide bonds. The molecule has 7 nitrogen and oxygen atoms in total. The number of thiol groups is 1. The molecule has 0 rings (SSSR count). The molecule has 0 aliphatic rings. The van der Waals surface area contributed by atoms with E-state index in [0.29, 0.717) is 13.0 Å². The van der Waals surface area contributed by atoms with Gasteiger partial charge in [-0.3, -0.25) is 19.1 Å². The third-order valence-electron chi connectivity index (χ3n) is 2.60. The van der Waals surface area contributed by atoms with Gasteiger partial charge in [-0.1, -0.05) is 12.8 Å². The summed E-state index contributed by atoms with van der Waals surface area (Å²) in [6.07, 6.45) is 2.44. The maximum Gasteiger partial charge on any atom is 0.235 e. The lowest BCUT2D eigenvalue weighted by Gasteiger charge is -2.11. The number of rotatable bonds is 10. The van der Waals surface area contributed by atoms with Gasteiger partial charge in [0.1, 0.15) is 0 Å². The van der Waals surface area contributed by atoms with Crippen molar-refractivity contribution in [3.8, 4) is 0 Å². The largest absolute Gasteiger partial charge is 0.368 e. The van der Waals surface area contributed by atoms with Crippen LogP contribution in [0.2, 0.25) is 0 Å². The fourth-order valence-electron chi connectivity index (χ4n) is 1.41. The maximum absolute atomic E-state index is 11.3. The lowest BCUT2D eigenvalue weighted by Crippen LogP contribution is -2.36. The van der Waals surface area contributed by atoms with Crippen molar-refractivity contribution in [1.29, 1.82) is 0 Å². The van der Waals surface area contributed by atoms with Gasteiger partial charge in [-0.2, -0.15) is 0 Å². The topological polar surface area (TPSA) is 113 Å². The van der Waals surface area contributed by atoms with E-state index in [-0.39, 0.29) is 24.7 Å². The van der Waals surface area contributed by atoms with Crippen LogP contribution >= 0.6 is 12.8 Å². The van der Waals surface area contributed by atoms with Gasteiger partial charge in [0.2, 0.25) is 17.7 Å². The Morgan fingerprint density at radius 1 is 1.16 bits per heavy atom. The lowest BCUT2D eigenvalue weighted by atomic mass is 10.1. The number of unbranched alkanes of at least 4 members (excludes halogenated alkanes) is 1. The molecule has 0 radical (unpaired) electrons. The van der Waals surface area contributed by atoms with Crippen LogP contribution in [0.1, 0.15) is 32.1 Å². The number of carbonyl (C=O) groups is 3. The first-order valence-corrected chi connectivity index (χ1v) is 6.62. The highest BCUT2D eigenvalue weighted by Crippen LogP contribution is 2.01. The molecule has 0 unspecified atom stereocenters. The van der Waals surface area contributed by atoms with Gasteiger partial charge in [0.05, 0.1) is 6.04 Å². The van der Waals surface area contributed by atoms with Crippen molar-refractivity contribution in [2.45, 2.75) is 38.1 Å². The van der Waals surface area contributed by atoms with Crippen molar-refractivity contribution in [3.63, 3.8) is 0 Å². The third kappa shape index (κ3) is 9.32. The zero-order valence-electron chi connectivity index (χ0n) is 11.1. The van der Waals surface area contributed by atoms with Crippen molar-refractivity contribution in [2.75, 3.05) is 13.6 Å². The van der Waals surface area contributed by atoms with Gasteiger partial charge in [0.25, 0.3) is 0 Å². The summed E-state index contributed by atoms with van der Waals surface area (Å²) >= 11 is 3.81. The number of primary amides is 1. The molecule has 0 aliphatic heterocycles. The summed E-state index contributed by atoms with van der Waals surface area (Å²) in [6.45, 7) is 0.518. The molecule has 110 valence electrons. The second-order valence-electron chi connectivity index (χ2n) is 4.10. The van der Waals surface area contributed by atoms with Gasteiger partial charge >= 0.3 is 0 Å². The summed E-state index contributed by atoms with van der Waals surface area (Å²) in [7, 11) is 1.53. The van der Waals surface area contributed by atoms with Crippen molar-refractivity contribution in [2.24, 2.45) is 5.73 Å². The summed E-state index contributed by atoms with van der Waals surface area (Å²) in [6, 6.07) is -0.452. The van der Waals surface area contributed by atoms with Crippen LogP contribution < -0.4 is 21.1 Å². The highest BCUT2D eigenvalue weighted by Gasteiger charge is 2.12. The Bertz CT molecular complexity index is 312. The van der Waals surface area contributed by atoms with Gasteiger partial charge in [-0.25, -0.2) is 0 Å². The Morgan fingerprint density at radius 3 is 2.32 bits per heavy atom. The number of nitrogens with two attached hydrogens (primary N) is 1. The van der Waals surface area contributed by atoms with Crippen molar-refractivity contribution in [1.82, 2.24) is 15.4 Å². The number of hydrogen-bond acceptors (Lipinski definition) is 5. The maximum atomic E-state index is 11.3. The first-order chi connectivity index (χ1) is 9.01. The van der Waals surface area contributed by atoms with Crippen LogP contribution in [0, 0.1) is 0 Å². The van der Waals surface area contributed by atoms with Gasteiger partial charge in [-0.15, -0.1) is 0 Å². The van der Waals surface area contributed by atoms with Crippen molar-refractivity contribution < 1.29 is 14.4 Å². The molecule has 19 heavy (non-hydrogen) atoms. The predicted octanol–water partition coefficient (Wildman–Crippen LogP) is -0.913. The molecule has 8 heteroatoms. The van der Waals surface area contributed by atoms with Gasteiger partial charge < -0.3 is 16.4 Å². The van der Waals surface area contributed by atoms with Crippen LogP contribution in [0.25, 0.3) is 0 Å². The van der Waals surface area contributed by atoms with Crippen LogP contribution in [0.15, 0.2) is 0 Å². The highest BCUT2D eigenvalue weighted by atomic mass is 32.1. The average Bonchev–Trinajstić information content (AvgIpc) is 2.39. The second-order valence-corrected chi connectivity index (χ2v) is 4.36. The standard InChI is InChI=1S/C11H22N4O3S/c1-13-9(16)5-6-10(17)14-7-3-2-4-8(15-19)11(12)18/h8,15,19H,2-7H2,1H3,(H2,12,18)(H,13,16)(H,14,17)/t8-/m0/s1. The summed E-state index contributed by atoms with van der Waals surface area (Å²) in [5.74, 6) is -0.744. The molecule has 0 aromatic rings. The summed E-state index contributed by atoms with van der Waals surface area (Å²) < 4.78 is 2.53. The first-order valence-electron chi connectivity index (χ1n) is 6.17. The molecule has 0 aliphatic carbocycles. The van der Waals surface area contributed by atoms with E-state index in [1.165, 1.54) is 7.05 Å². The van der Waals surface area contributed by atoms with Gasteiger partial charge in [0.15, 0.2) is 0 Å². The Kier molecular flexibility index (Phi) is 9.91. The summed E-state index contributed by atoms with van der Waals surface area (Å²) in [5.41, 5.74) is 5.13. The van der Waals surface area contributed by atoms with Crippen LogP contribution in [0.5, 0.6) is 0 Å². The Morgan fingerprint density at radius 2 is 1.79 bits per heavy atom. The zero-order chi connectivity index (χ0) is 14.7. The molecule has 0 aromatic heterocycles. The van der Waals surface area contributed by atoms with Crippen molar-refractivity contribution >= 4 is 30.5 Å². The second kappa shape index (κ2) is 10.6. The minimum absolute atomic E-state index is 0.151. The van der Waals surface area contributed by atoms with Crippen LogP contribution in [-0.2, 0) is 14.4 Å². The normalized spacial score (nSPS) is 11.7. The minimum Gasteiger partial charge on any atom is -0.368 e. The van der Waals surface area contributed by atoms with Gasteiger partial charge in [0, 0.05) is 26.4 Å². The fourth-order valence-corrected chi connectivity index (χ4v) is 1.67. The molecule has 0 saturated carbocycles. The van der Waals surface area contributed by atoms with E-state index in [0.717, 1.165) is 12.8 Å². The molecule has 0 aromatic carbocycles. The lowest BCUT2D eigenvalue weighted by molar-refractivity contribution is -0.126. The Labute approximate surface area is 118 Å². The van der Waals surface area contributed by atoms with E-state index < -0.39 is 11.9 Å². The molecule has 1 atom stereocenters. The van der Waals surface area contributed by atoms with Crippen LogP contribution in [-0.4, -0.2) is 37.4 Å². The molecular weight excluding hydrogens is 268 g/mol. The van der Waals surface area contributed by atoms with E-state index in [9.17, 15) is 14.4 Å². The molecule has 0 fully saturated rings. The first kappa shape index (κ1) is 17.7. The molecule has 0 spiro atoms. The van der Waals surface area contributed by atoms with E-state index in [2.05, 4.69) is 28.2 Å². The smallest absolute Gasteiger partial charge is 0.235 e.